The zero-order valence-corrected chi connectivity index (χ0v) is 41.7. The number of rotatable bonds is 2. The molecular weight excluding hydrogens is 830 g/mol. The topological polar surface area (TPSA) is 11.4 Å². The van der Waals surface area contributed by atoms with Crippen LogP contribution in [0.4, 0.5) is 17.1 Å². The van der Waals surface area contributed by atoms with Crippen LogP contribution in [0.5, 0.6) is 0 Å². The summed E-state index contributed by atoms with van der Waals surface area (Å²) in [5.74, 6) is 0. The van der Waals surface area contributed by atoms with E-state index in [0.717, 1.165) is 0 Å². The molecule has 0 bridgehead atoms. The number of hydrogen-bond acceptors (Lipinski definition) is 3. The maximum atomic E-state index is 3.08. The molecule has 5 heterocycles. The lowest BCUT2D eigenvalue weighted by Gasteiger charge is -2.54. The molecule has 8 aliphatic rings. The summed E-state index contributed by atoms with van der Waals surface area (Å²) in [6.07, 6.45) is 16.9. The number of anilines is 3. The Morgan fingerprint density at radius 3 is 1.88 bits per heavy atom. The Kier molecular flexibility index (Phi) is 7.81. The Balaban J connectivity index is 1.09. The van der Waals surface area contributed by atoms with Crippen LogP contribution in [0.2, 0.25) is 0 Å². The largest absolute Gasteiger partial charge is 0.342 e. The molecule has 4 aliphatic heterocycles. The summed E-state index contributed by atoms with van der Waals surface area (Å²) in [5.41, 5.74) is 22.2. The molecule has 4 atom stereocenters. The fourth-order valence-electron chi connectivity index (χ4n) is 16.4. The summed E-state index contributed by atoms with van der Waals surface area (Å²) in [6, 6.07) is 39.7. The van der Waals surface area contributed by atoms with E-state index in [9.17, 15) is 0 Å². The molecule has 1 aromatic heterocycles. The number of thioether (sulfide) groups is 1. The number of fused-ring (bicyclic) bond motifs is 10. The Hall–Kier alpha value is -4.87. The smallest absolute Gasteiger partial charge is 0.259 e. The van der Waals surface area contributed by atoms with Crippen LogP contribution >= 0.6 is 11.8 Å². The Bertz CT molecular complexity index is 3320. The average molecular weight is 894 g/mol. The van der Waals surface area contributed by atoms with E-state index < -0.39 is 0 Å². The molecule has 0 N–H and O–H groups in total. The minimum Gasteiger partial charge on any atom is -0.342 e. The lowest BCUT2D eigenvalue weighted by Crippen LogP contribution is -2.62. The molecule has 3 fully saturated rings. The monoisotopic (exact) mass is 893 g/mol. The first-order chi connectivity index (χ1) is 32.3. The van der Waals surface area contributed by atoms with Gasteiger partial charge < -0.3 is 14.4 Å². The number of allylic oxidation sites excluding steroid dienone is 1. The summed E-state index contributed by atoms with van der Waals surface area (Å²) in [6.45, 7) is 18.4. The SMILES string of the molecule is CC(C)(C)c1cc2c3c(c1)C1(C)CCCCC1(C)N3c1cc(-n3c4cccc5c4c4c(cccc43)-c3cccc4cccc-5c34)cc3c1B2C1=C(N3C2CCCCC2)C2(C)CCCCC2(C)S1. The van der Waals surface area contributed by atoms with Crippen molar-refractivity contribution in [3.05, 3.63) is 119 Å². The normalized spacial score (nSPS) is 28.0. The number of nitrogens with zero attached hydrogens (tertiary/aromatic N) is 3. The van der Waals surface area contributed by atoms with Crippen molar-refractivity contribution in [1.29, 1.82) is 0 Å². The van der Waals surface area contributed by atoms with Crippen molar-refractivity contribution < 1.29 is 0 Å². The van der Waals surface area contributed by atoms with Crippen molar-refractivity contribution in [2.75, 3.05) is 9.80 Å². The lowest BCUT2D eigenvalue weighted by molar-refractivity contribution is 0.195. The average Bonchev–Trinajstić information content (AvgIpc) is 3.84. The van der Waals surface area contributed by atoms with E-state index in [-0.39, 0.29) is 33.2 Å². The third kappa shape index (κ3) is 4.75. The lowest BCUT2D eigenvalue weighted by atomic mass is 9.35. The molecule has 0 amide bonds. The van der Waals surface area contributed by atoms with Gasteiger partial charge in [0.15, 0.2) is 0 Å². The van der Waals surface area contributed by atoms with Gasteiger partial charge in [0.05, 0.1) is 22.3 Å². The van der Waals surface area contributed by atoms with Crippen LogP contribution in [0.3, 0.4) is 0 Å². The van der Waals surface area contributed by atoms with E-state index in [1.165, 1.54) is 161 Å². The molecule has 0 spiro atoms. The van der Waals surface area contributed by atoms with Crippen LogP contribution < -0.4 is 20.7 Å². The molecule has 7 aromatic rings. The number of benzene rings is 6. The van der Waals surface area contributed by atoms with Crippen molar-refractivity contribution in [3.63, 3.8) is 0 Å². The molecule has 3 nitrogen and oxygen atoms in total. The van der Waals surface area contributed by atoms with E-state index >= 15 is 0 Å². The highest BCUT2D eigenvalue weighted by atomic mass is 32.2. The second-order valence-corrected chi connectivity index (χ2v) is 25.9. The highest BCUT2D eigenvalue weighted by molar-refractivity contribution is 8.06. The minimum absolute atomic E-state index is 0.0420. The highest BCUT2D eigenvalue weighted by Crippen LogP contribution is 2.69. The van der Waals surface area contributed by atoms with Gasteiger partial charge in [0.2, 0.25) is 0 Å². The van der Waals surface area contributed by atoms with Gasteiger partial charge in [-0.3, -0.25) is 0 Å². The first-order valence-electron chi connectivity index (χ1n) is 26.3. The van der Waals surface area contributed by atoms with Gasteiger partial charge in [0.25, 0.3) is 6.71 Å². The Morgan fingerprint density at radius 2 is 1.21 bits per heavy atom. The fourth-order valence-corrected chi connectivity index (χ4v) is 18.3. The van der Waals surface area contributed by atoms with Crippen LogP contribution in [0, 0.1) is 5.41 Å². The van der Waals surface area contributed by atoms with Crippen molar-refractivity contribution >= 4 is 79.0 Å². The summed E-state index contributed by atoms with van der Waals surface area (Å²) in [7, 11) is 0. The Morgan fingerprint density at radius 1 is 0.612 bits per heavy atom. The number of hydrogen-bond donors (Lipinski definition) is 0. The summed E-state index contributed by atoms with van der Waals surface area (Å²) in [5, 5.41) is 5.48. The summed E-state index contributed by atoms with van der Waals surface area (Å²) >= 11 is 2.34. The minimum atomic E-state index is -0.0420. The maximum absolute atomic E-state index is 3.08. The molecular formula is C62H64BN3S. The van der Waals surface area contributed by atoms with E-state index in [0.29, 0.717) is 6.04 Å². The van der Waals surface area contributed by atoms with E-state index in [1.807, 2.05) is 0 Å². The van der Waals surface area contributed by atoms with E-state index in [4.69, 9.17) is 0 Å². The molecule has 67 heavy (non-hydrogen) atoms. The van der Waals surface area contributed by atoms with Crippen LogP contribution in [0.25, 0.3) is 60.5 Å². The van der Waals surface area contributed by atoms with Gasteiger partial charge in [-0.15, -0.1) is 11.8 Å². The van der Waals surface area contributed by atoms with Gasteiger partial charge in [-0.25, -0.2) is 0 Å². The van der Waals surface area contributed by atoms with Gasteiger partial charge in [-0.1, -0.05) is 152 Å². The molecule has 0 radical (unpaired) electrons. The second-order valence-electron chi connectivity index (χ2n) is 24.4. The molecule has 336 valence electrons. The quantitative estimate of drug-likeness (QED) is 0.160. The van der Waals surface area contributed by atoms with Gasteiger partial charge in [-0.05, 0) is 142 Å². The number of aromatic nitrogens is 1. The standard InChI is InChI=1S/C62H64BN3S/c1-58(2,3)38-33-45-55-46(34-38)63-54-49(65(39-21-9-8-10-22-39)56-57(63)67-62(7)32-14-12-30-60(56,62)5)35-40(36-50(54)66(55)61(6)31-13-11-29-59(45,61)4)64-47-27-17-25-43-41-23-15-19-37-20-16-24-42(51(37)41)44-26-18-28-48(64)53(44)52(43)47/h15-20,23-28,33-36,39H,8-14,21-22,29-32H2,1-7H3. The molecule has 4 unspecified atom stereocenters. The van der Waals surface area contributed by atoms with E-state index in [1.54, 1.807) is 32.7 Å². The summed E-state index contributed by atoms with van der Waals surface area (Å²) < 4.78 is 2.89. The molecule has 15 rings (SSSR count). The van der Waals surface area contributed by atoms with E-state index in [2.05, 4.69) is 172 Å². The van der Waals surface area contributed by atoms with Gasteiger partial charge in [0, 0.05) is 55.2 Å². The fraction of sp³-hybridized carbons (Fsp3) is 0.419. The maximum Gasteiger partial charge on any atom is 0.259 e. The van der Waals surface area contributed by atoms with Crippen LogP contribution in [0.15, 0.2) is 108 Å². The molecule has 5 heteroatoms. The van der Waals surface area contributed by atoms with Crippen molar-refractivity contribution in [3.8, 4) is 27.9 Å². The molecule has 6 aromatic carbocycles. The molecule has 4 aliphatic carbocycles. The van der Waals surface area contributed by atoms with Crippen molar-refractivity contribution in [2.24, 2.45) is 5.41 Å². The zero-order chi connectivity index (χ0) is 45.1. The predicted octanol–water partition coefficient (Wildman–Crippen LogP) is 15.5. The predicted molar refractivity (Wildman–Crippen MR) is 288 cm³/mol. The van der Waals surface area contributed by atoms with Gasteiger partial charge >= 0.3 is 0 Å². The zero-order valence-electron chi connectivity index (χ0n) is 40.8. The Labute approximate surface area is 402 Å². The first kappa shape index (κ1) is 40.1. The molecule has 3 saturated carbocycles. The van der Waals surface area contributed by atoms with Gasteiger partial charge in [0.1, 0.15) is 0 Å². The van der Waals surface area contributed by atoms with Crippen molar-refractivity contribution in [1.82, 2.24) is 4.57 Å². The van der Waals surface area contributed by atoms with Crippen LogP contribution in [-0.4, -0.2) is 27.6 Å². The van der Waals surface area contributed by atoms with Crippen molar-refractivity contribution in [2.45, 2.75) is 159 Å². The summed E-state index contributed by atoms with van der Waals surface area (Å²) in [4.78, 5) is 7.80. The van der Waals surface area contributed by atoms with Gasteiger partial charge in [-0.2, -0.15) is 0 Å². The third-order valence-electron chi connectivity index (χ3n) is 20.2. The van der Waals surface area contributed by atoms with Crippen LogP contribution in [-0.2, 0) is 10.8 Å². The molecule has 0 saturated heterocycles. The third-order valence-corrected chi connectivity index (χ3v) is 21.9. The second kappa shape index (κ2) is 13.1. The highest BCUT2D eigenvalue weighted by Gasteiger charge is 2.65. The first-order valence-corrected chi connectivity index (χ1v) is 27.2. The van der Waals surface area contributed by atoms with Crippen LogP contribution in [0.1, 0.15) is 143 Å².